The third-order valence-electron chi connectivity index (χ3n) is 2.36. The first-order valence-electron chi connectivity index (χ1n) is 5.08. The molecule has 88 valence electrons. The van der Waals surface area contributed by atoms with E-state index in [4.69, 9.17) is 22.6 Å². The smallest absolute Gasteiger partial charge is 0.178 e. The normalized spacial score (nSPS) is 10.5. The second kappa shape index (κ2) is 4.11. The van der Waals surface area contributed by atoms with Gasteiger partial charge < -0.3 is 11.1 Å². The molecular formula is C10H11ClN6. The molecule has 2 aromatic heterocycles. The van der Waals surface area contributed by atoms with E-state index in [2.05, 4.69) is 15.4 Å². The highest BCUT2D eigenvalue weighted by atomic mass is 35.5. The zero-order valence-corrected chi connectivity index (χ0v) is 10.2. The van der Waals surface area contributed by atoms with Gasteiger partial charge in [-0.25, -0.2) is 4.98 Å². The molecule has 3 N–H and O–H groups in total. The van der Waals surface area contributed by atoms with Crippen molar-refractivity contribution in [2.24, 2.45) is 0 Å². The first-order valence-corrected chi connectivity index (χ1v) is 5.46. The Hall–Kier alpha value is -2.00. The summed E-state index contributed by atoms with van der Waals surface area (Å²) in [6.07, 6.45) is 0. The van der Waals surface area contributed by atoms with Crippen molar-refractivity contribution in [2.45, 2.75) is 13.8 Å². The number of nitrogen functional groups attached to an aromatic ring is 1. The van der Waals surface area contributed by atoms with Crippen LogP contribution < -0.4 is 11.1 Å². The molecule has 0 aliphatic carbocycles. The molecule has 17 heavy (non-hydrogen) atoms. The summed E-state index contributed by atoms with van der Waals surface area (Å²) in [4.78, 5) is 4.27. The number of hydrogen-bond acceptors (Lipinski definition) is 5. The van der Waals surface area contributed by atoms with Gasteiger partial charge in [-0.1, -0.05) is 11.6 Å². The SMILES string of the molecule is CCNc1nc2c(Cl)c(C)nn2c(N)c1C#N. The summed E-state index contributed by atoms with van der Waals surface area (Å²) >= 11 is 6.07. The average molecular weight is 251 g/mol. The van der Waals surface area contributed by atoms with Gasteiger partial charge in [0.2, 0.25) is 0 Å². The fraction of sp³-hybridized carbons (Fsp3) is 0.300. The number of nitrogens with one attached hydrogen (secondary N) is 1. The van der Waals surface area contributed by atoms with Crippen molar-refractivity contribution in [1.29, 1.82) is 5.26 Å². The Bertz CT molecular complexity index is 624. The van der Waals surface area contributed by atoms with E-state index in [0.717, 1.165) is 0 Å². The standard InChI is InChI=1S/C10H11ClN6/c1-3-14-9-6(4-12)8(13)17-10(15-9)7(11)5(2)16-17/h3,13H2,1-2H3,(H,14,15). The zero-order chi connectivity index (χ0) is 12.6. The fourth-order valence-electron chi connectivity index (χ4n) is 1.56. The highest BCUT2D eigenvalue weighted by Gasteiger charge is 2.17. The maximum Gasteiger partial charge on any atom is 0.178 e. The van der Waals surface area contributed by atoms with Crippen LogP contribution in [0.1, 0.15) is 18.2 Å². The summed E-state index contributed by atoms with van der Waals surface area (Å²) < 4.78 is 1.39. The largest absolute Gasteiger partial charge is 0.382 e. The van der Waals surface area contributed by atoms with E-state index in [0.29, 0.717) is 28.7 Å². The summed E-state index contributed by atoms with van der Waals surface area (Å²) in [5.41, 5.74) is 7.24. The molecule has 2 aromatic rings. The van der Waals surface area contributed by atoms with Crippen molar-refractivity contribution in [3.8, 4) is 6.07 Å². The summed E-state index contributed by atoms with van der Waals surface area (Å²) in [5.74, 6) is 0.672. The van der Waals surface area contributed by atoms with E-state index in [-0.39, 0.29) is 11.4 Å². The van der Waals surface area contributed by atoms with Gasteiger partial charge in [0.05, 0.1) is 5.69 Å². The second-order valence-electron chi connectivity index (χ2n) is 3.50. The molecule has 0 spiro atoms. The van der Waals surface area contributed by atoms with Gasteiger partial charge in [-0.2, -0.15) is 14.9 Å². The summed E-state index contributed by atoms with van der Waals surface area (Å²) in [6.45, 7) is 4.31. The number of nitrogens with zero attached hydrogens (tertiary/aromatic N) is 4. The Morgan fingerprint density at radius 2 is 2.29 bits per heavy atom. The van der Waals surface area contributed by atoms with Crippen LogP contribution in [0.25, 0.3) is 5.65 Å². The lowest BCUT2D eigenvalue weighted by molar-refractivity contribution is 0.924. The molecule has 2 heterocycles. The van der Waals surface area contributed by atoms with Crippen molar-refractivity contribution >= 4 is 28.9 Å². The minimum absolute atomic E-state index is 0.239. The van der Waals surface area contributed by atoms with Crippen LogP contribution in [0.2, 0.25) is 5.02 Å². The Kier molecular flexibility index (Phi) is 2.77. The van der Waals surface area contributed by atoms with E-state index >= 15 is 0 Å². The minimum atomic E-state index is 0.239. The number of anilines is 2. The van der Waals surface area contributed by atoms with E-state index in [9.17, 15) is 0 Å². The molecule has 0 aliphatic rings. The van der Waals surface area contributed by atoms with Crippen LogP contribution in [0.5, 0.6) is 0 Å². The molecule has 2 rings (SSSR count). The van der Waals surface area contributed by atoms with Crippen LogP contribution in [-0.4, -0.2) is 21.1 Å². The van der Waals surface area contributed by atoms with Crippen LogP contribution >= 0.6 is 11.6 Å². The van der Waals surface area contributed by atoms with E-state index < -0.39 is 0 Å². The average Bonchev–Trinajstić information content (AvgIpc) is 2.58. The second-order valence-corrected chi connectivity index (χ2v) is 3.88. The minimum Gasteiger partial charge on any atom is -0.382 e. The van der Waals surface area contributed by atoms with E-state index in [1.165, 1.54) is 4.52 Å². The third kappa shape index (κ3) is 1.65. The highest BCUT2D eigenvalue weighted by Crippen LogP contribution is 2.27. The molecule has 0 amide bonds. The summed E-state index contributed by atoms with van der Waals surface area (Å²) in [7, 11) is 0. The molecule has 7 heteroatoms. The number of aryl methyl sites for hydroxylation is 1. The maximum atomic E-state index is 9.08. The van der Waals surface area contributed by atoms with Crippen LogP contribution in [0, 0.1) is 18.3 Å². The number of fused-ring (bicyclic) bond motifs is 1. The lowest BCUT2D eigenvalue weighted by Gasteiger charge is -2.08. The maximum absolute atomic E-state index is 9.08. The predicted octanol–water partition coefficient (Wildman–Crippen LogP) is 1.58. The molecule has 0 saturated heterocycles. The van der Waals surface area contributed by atoms with Gasteiger partial charge in [0.15, 0.2) is 5.65 Å². The number of halogens is 1. The summed E-state index contributed by atoms with van der Waals surface area (Å²) in [6, 6.07) is 2.02. The number of nitrogens with two attached hydrogens (primary N) is 1. The fourth-order valence-corrected chi connectivity index (χ4v) is 1.72. The van der Waals surface area contributed by atoms with Crippen molar-refractivity contribution in [1.82, 2.24) is 14.6 Å². The van der Waals surface area contributed by atoms with Gasteiger partial charge in [0.25, 0.3) is 0 Å². The van der Waals surface area contributed by atoms with Crippen molar-refractivity contribution in [2.75, 3.05) is 17.6 Å². The van der Waals surface area contributed by atoms with Crippen LogP contribution in [-0.2, 0) is 0 Å². The third-order valence-corrected chi connectivity index (χ3v) is 2.80. The molecular weight excluding hydrogens is 240 g/mol. The Morgan fingerprint density at radius 3 is 2.88 bits per heavy atom. The molecule has 0 saturated carbocycles. The van der Waals surface area contributed by atoms with Gasteiger partial charge in [-0.3, -0.25) is 0 Å². The number of aromatic nitrogens is 3. The van der Waals surface area contributed by atoms with E-state index in [1.807, 2.05) is 13.0 Å². The number of nitriles is 1. The van der Waals surface area contributed by atoms with Crippen LogP contribution in [0.4, 0.5) is 11.6 Å². The molecule has 0 unspecified atom stereocenters. The number of rotatable bonds is 2. The Labute approximate surface area is 103 Å². The summed E-state index contributed by atoms with van der Waals surface area (Å²) in [5, 5.41) is 16.6. The number of hydrogen-bond donors (Lipinski definition) is 2. The lowest BCUT2D eigenvalue weighted by atomic mass is 10.3. The zero-order valence-electron chi connectivity index (χ0n) is 9.45. The topological polar surface area (TPSA) is 92.0 Å². The molecule has 0 atom stereocenters. The first kappa shape index (κ1) is 11.5. The van der Waals surface area contributed by atoms with Crippen LogP contribution in [0.15, 0.2) is 0 Å². The quantitative estimate of drug-likeness (QED) is 0.844. The molecule has 0 bridgehead atoms. The van der Waals surface area contributed by atoms with Gasteiger partial charge >= 0.3 is 0 Å². The first-order chi connectivity index (χ1) is 8.10. The molecule has 0 fully saturated rings. The Morgan fingerprint density at radius 1 is 1.59 bits per heavy atom. The molecule has 0 aromatic carbocycles. The molecule has 0 radical (unpaired) electrons. The van der Waals surface area contributed by atoms with Crippen molar-refractivity contribution < 1.29 is 0 Å². The molecule has 0 aliphatic heterocycles. The van der Waals surface area contributed by atoms with E-state index in [1.54, 1.807) is 6.92 Å². The lowest BCUT2D eigenvalue weighted by Crippen LogP contribution is -2.09. The van der Waals surface area contributed by atoms with Gasteiger partial charge in [-0.15, -0.1) is 0 Å². The Balaban J connectivity index is 2.84. The van der Waals surface area contributed by atoms with Crippen LogP contribution in [0.3, 0.4) is 0 Å². The van der Waals surface area contributed by atoms with Crippen molar-refractivity contribution in [3.63, 3.8) is 0 Å². The highest BCUT2D eigenvalue weighted by molar-refractivity contribution is 6.34. The van der Waals surface area contributed by atoms with Gasteiger partial charge in [-0.05, 0) is 13.8 Å². The van der Waals surface area contributed by atoms with Crippen molar-refractivity contribution in [3.05, 3.63) is 16.3 Å². The molecule has 6 nitrogen and oxygen atoms in total. The van der Waals surface area contributed by atoms with Gasteiger partial charge in [0, 0.05) is 6.54 Å². The van der Waals surface area contributed by atoms with Gasteiger partial charge in [0.1, 0.15) is 28.3 Å². The predicted molar refractivity (Wildman–Crippen MR) is 66.0 cm³/mol. The monoisotopic (exact) mass is 250 g/mol.